The van der Waals surface area contributed by atoms with E-state index < -0.39 is 5.97 Å². The number of carboxylic acid groups (broad SMARTS) is 1. The summed E-state index contributed by atoms with van der Waals surface area (Å²) >= 11 is 1.71. The molecule has 0 aliphatic carbocycles. The number of rotatable bonds is 8. The van der Waals surface area contributed by atoms with Crippen LogP contribution in [0.5, 0.6) is 5.75 Å². The Morgan fingerprint density at radius 3 is 1.61 bits per heavy atom. The summed E-state index contributed by atoms with van der Waals surface area (Å²) in [7, 11) is 0. The van der Waals surface area contributed by atoms with Crippen LogP contribution in [0.15, 0.2) is 138 Å². The van der Waals surface area contributed by atoms with Gasteiger partial charge in [0.1, 0.15) is 5.75 Å². The van der Waals surface area contributed by atoms with E-state index in [0.717, 1.165) is 55.2 Å². The number of carboxylic acids is 1. The molecule has 4 heteroatoms. The summed E-state index contributed by atoms with van der Waals surface area (Å²) in [6.45, 7) is 1.57. The van der Waals surface area contributed by atoms with Crippen molar-refractivity contribution in [1.82, 2.24) is 0 Å². The first-order valence-corrected chi connectivity index (χ1v) is 15.2. The topological polar surface area (TPSA) is 46.5 Å². The number of aryl methyl sites for hydroxylation is 1. The Bertz CT molecular complexity index is 1770. The number of benzene rings is 5. The van der Waals surface area contributed by atoms with Crippen LogP contribution in [0.3, 0.4) is 0 Å². The van der Waals surface area contributed by atoms with Gasteiger partial charge < -0.3 is 9.84 Å². The molecule has 0 fully saturated rings. The molecule has 0 aliphatic heterocycles. The second-order valence-electron chi connectivity index (χ2n) is 9.93. The Morgan fingerprint density at radius 1 is 0.682 bits per heavy atom. The lowest BCUT2D eigenvalue weighted by Gasteiger charge is -2.11. The second kappa shape index (κ2) is 15.2. The van der Waals surface area contributed by atoms with Gasteiger partial charge in [-0.25, -0.2) is 4.79 Å². The van der Waals surface area contributed by atoms with E-state index in [-0.39, 0.29) is 6.61 Å². The predicted molar refractivity (Wildman–Crippen MR) is 180 cm³/mol. The Hall–Kier alpha value is -5.42. The minimum Gasteiger partial charge on any atom is -0.482 e. The molecule has 0 aliphatic rings. The molecule has 0 radical (unpaired) electrons. The molecule has 44 heavy (non-hydrogen) atoms. The van der Waals surface area contributed by atoms with Gasteiger partial charge in [0.15, 0.2) is 6.61 Å². The highest BCUT2D eigenvalue weighted by molar-refractivity contribution is 7.99. The van der Waals surface area contributed by atoms with E-state index >= 15 is 0 Å². The van der Waals surface area contributed by atoms with Crippen LogP contribution in [0.25, 0.3) is 5.57 Å². The molecule has 0 spiro atoms. The second-order valence-corrected chi connectivity index (χ2v) is 11.0. The molecule has 0 saturated heterocycles. The molecular weight excluding hydrogens is 561 g/mol. The van der Waals surface area contributed by atoms with E-state index in [1.54, 1.807) is 11.8 Å². The van der Waals surface area contributed by atoms with E-state index in [4.69, 9.17) is 9.84 Å². The molecule has 5 aromatic rings. The fourth-order valence-corrected chi connectivity index (χ4v) is 5.30. The smallest absolute Gasteiger partial charge is 0.341 e. The zero-order valence-electron chi connectivity index (χ0n) is 24.3. The zero-order chi connectivity index (χ0) is 30.6. The molecular formula is C40H30O3S. The first-order valence-electron chi connectivity index (χ1n) is 14.2. The van der Waals surface area contributed by atoms with Crippen molar-refractivity contribution in [2.24, 2.45) is 0 Å². The first-order chi connectivity index (χ1) is 21.5. The molecule has 0 amide bonds. The highest BCUT2D eigenvalue weighted by Gasteiger charge is 2.08. The summed E-state index contributed by atoms with van der Waals surface area (Å²) in [6, 6.07) is 42.5. The van der Waals surface area contributed by atoms with E-state index in [1.807, 2.05) is 85.8 Å². The minimum atomic E-state index is -0.993. The largest absolute Gasteiger partial charge is 0.482 e. The van der Waals surface area contributed by atoms with Gasteiger partial charge in [-0.15, -0.1) is 11.8 Å². The zero-order valence-corrected chi connectivity index (χ0v) is 25.1. The lowest BCUT2D eigenvalue weighted by Crippen LogP contribution is -2.09. The van der Waals surface area contributed by atoms with Crippen LogP contribution in [0, 0.1) is 30.6 Å². The van der Waals surface area contributed by atoms with E-state index in [1.165, 1.54) is 0 Å². The van der Waals surface area contributed by atoms with Crippen LogP contribution in [0.1, 0.15) is 38.9 Å². The molecule has 0 unspecified atom stereocenters. The summed E-state index contributed by atoms with van der Waals surface area (Å²) in [6.07, 6.45) is 2.24. The normalized spacial score (nSPS) is 10.0. The van der Waals surface area contributed by atoms with Crippen molar-refractivity contribution in [1.29, 1.82) is 0 Å². The molecule has 5 rings (SSSR count). The highest BCUT2D eigenvalue weighted by atomic mass is 32.2. The lowest BCUT2D eigenvalue weighted by molar-refractivity contribution is -0.139. The molecule has 1 N–H and O–H groups in total. The average molecular weight is 591 g/mol. The third-order valence-corrected chi connectivity index (χ3v) is 7.60. The summed E-state index contributed by atoms with van der Waals surface area (Å²) in [4.78, 5) is 11.9. The van der Waals surface area contributed by atoms with Crippen molar-refractivity contribution in [3.63, 3.8) is 0 Å². The Kier molecular flexibility index (Phi) is 10.4. The van der Waals surface area contributed by atoms with Crippen LogP contribution >= 0.6 is 11.8 Å². The molecule has 0 aromatic heterocycles. The van der Waals surface area contributed by atoms with Crippen LogP contribution in [0.2, 0.25) is 0 Å². The number of thioether (sulfide) groups is 1. The van der Waals surface area contributed by atoms with E-state index in [9.17, 15) is 4.79 Å². The lowest BCUT2D eigenvalue weighted by atomic mass is 9.96. The highest BCUT2D eigenvalue weighted by Crippen LogP contribution is 2.29. The maximum absolute atomic E-state index is 10.9. The van der Waals surface area contributed by atoms with Crippen molar-refractivity contribution in [3.8, 4) is 29.4 Å². The monoisotopic (exact) mass is 590 g/mol. The number of carbonyl (C=O) groups is 1. The molecule has 5 aromatic carbocycles. The molecule has 0 atom stereocenters. The Labute approximate surface area is 263 Å². The van der Waals surface area contributed by atoms with E-state index in [0.29, 0.717) is 5.75 Å². The van der Waals surface area contributed by atoms with Gasteiger partial charge in [-0.2, -0.15) is 0 Å². The molecule has 0 heterocycles. The summed E-state index contributed by atoms with van der Waals surface area (Å²) < 4.78 is 5.38. The third kappa shape index (κ3) is 8.79. The van der Waals surface area contributed by atoms with Crippen LogP contribution in [0.4, 0.5) is 0 Å². The number of aliphatic carboxylic acids is 1. The average Bonchev–Trinajstić information content (AvgIpc) is 3.06. The van der Waals surface area contributed by atoms with Gasteiger partial charge in [0.25, 0.3) is 0 Å². The first kappa shape index (κ1) is 30.1. The Morgan fingerprint density at radius 2 is 1.16 bits per heavy atom. The van der Waals surface area contributed by atoms with E-state index in [2.05, 4.69) is 78.3 Å². The van der Waals surface area contributed by atoms with Crippen LogP contribution < -0.4 is 4.74 Å². The molecule has 0 bridgehead atoms. The maximum Gasteiger partial charge on any atom is 0.341 e. The molecule has 3 nitrogen and oxygen atoms in total. The van der Waals surface area contributed by atoms with Gasteiger partial charge in [-0.1, -0.05) is 90.4 Å². The summed E-state index contributed by atoms with van der Waals surface area (Å²) in [5.41, 5.74) is 8.13. The van der Waals surface area contributed by atoms with Gasteiger partial charge in [0.2, 0.25) is 0 Å². The summed E-state index contributed by atoms with van der Waals surface area (Å²) in [5.74, 6) is 13.3. The number of hydrogen-bond acceptors (Lipinski definition) is 3. The van der Waals surface area contributed by atoms with Crippen LogP contribution in [-0.2, 0) is 4.79 Å². The van der Waals surface area contributed by atoms with Crippen molar-refractivity contribution in [3.05, 3.63) is 172 Å². The fourth-order valence-electron chi connectivity index (χ4n) is 4.43. The van der Waals surface area contributed by atoms with Gasteiger partial charge >= 0.3 is 5.97 Å². The minimum absolute atomic E-state index is 0.354. The molecule has 214 valence electrons. The van der Waals surface area contributed by atoms with Gasteiger partial charge in [-0.3, -0.25) is 0 Å². The predicted octanol–water partition coefficient (Wildman–Crippen LogP) is 8.48. The number of hydrogen-bond donors (Lipinski definition) is 1. The van der Waals surface area contributed by atoms with Crippen LogP contribution in [-0.4, -0.2) is 23.4 Å². The Balaban J connectivity index is 1.37. The SMILES string of the molecule is Cc1cc(SCC=C(c2ccc(C#Cc3ccccc3)cc2)c2ccc(C#Cc3ccccc3)cc2)ccc1OCC(=O)O. The standard InChI is InChI=1S/C40H30O3S/c1-30-28-37(24-25-39(30)43-29-40(41)42)44-27-26-38(35-20-16-33(17-21-35)14-12-31-8-4-2-5-9-31)36-22-18-34(19-23-36)15-13-32-10-6-3-7-11-32/h2-11,16-26,28H,27,29H2,1H3,(H,41,42). The van der Waals surface area contributed by atoms with Crippen molar-refractivity contribution < 1.29 is 14.6 Å². The van der Waals surface area contributed by atoms with Crippen molar-refractivity contribution >= 4 is 23.3 Å². The maximum atomic E-state index is 10.9. The van der Waals surface area contributed by atoms with Gasteiger partial charge in [0.05, 0.1) is 0 Å². The fraction of sp³-hybridized carbons (Fsp3) is 0.0750. The van der Waals surface area contributed by atoms with Crippen molar-refractivity contribution in [2.45, 2.75) is 11.8 Å². The summed E-state index contributed by atoms with van der Waals surface area (Å²) in [5, 5.41) is 8.91. The third-order valence-electron chi connectivity index (χ3n) is 6.68. The number of ether oxygens (including phenoxy) is 1. The van der Waals surface area contributed by atoms with Gasteiger partial charge in [-0.05, 0) is 95.9 Å². The molecule has 0 saturated carbocycles. The van der Waals surface area contributed by atoms with Crippen molar-refractivity contribution in [2.75, 3.05) is 12.4 Å². The quantitative estimate of drug-likeness (QED) is 0.145. The van der Waals surface area contributed by atoms with Gasteiger partial charge in [0, 0.05) is 32.9 Å².